The van der Waals surface area contributed by atoms with Crippen molar-refractivity contribution in [1.82, 2.24) is 4.98 Å². The molecule has 1 aromatic heterocycles. The van der Waals surface area contributed by atoms with Crippen LogP contribution in [0.25, 0.3) is 0 Å². The van der Waals surface area contributed by atoms with E-state index in [2.05, 4.69) is 10.3 Å². The van der Waals surface area contributed by atoms with E-state index in [1.807, 2.05) is 24.3 Å². The number of benzene rings is 1. The Morgan fingerprint density at radius 3 is 2.55 bits per heavy atom. The quantitative estimate of drug-likeness (QED) is 0.759. The van der Waals surface area contributed by atoms with Gasteiger partial charge in [0.1, 0.15) is 18.1 Å². The van der Waals surface area contributed by atoms with Crippen LogP contribution >= 0.6 is 0 Å². The fourth-order valence-electron chi connectivity index (χ4n) is 1.63. The lowest BCUT2D eigenvalue weighted by Crippen LogP contribution is -2.04. The Kier molecular flexibility index (Phi) is 5.20. The van der Waals surface area contributed by atoms with Crippen molar-refractivity contribution in [3.05, 3.63) is 48.3 Å². The molecule has 0 amide bonds. The minimum atomic E-state index is 0.173. The lowest BCUT2D eigenvalue weighted by Gasteiger charge is -2.08. The number of rotatable bonds is 7. The predicted molar refractivity (Wildman–Crippen MR) is 77.0 cm³/mol. The summed E-state index contributed by atoms with van der Waals surface area (Å²) in [6.07, 6.45) is 1.43. The van der Waals surface area contributed by atoms with E-state index in [9.17, 15) is 0 Å². The summed E-state index contributed by atoms with van der Waals surface area (Å²) in [7, 11) is 1.65. The molecule has 0 bridgehead atoms. The van der Waals surface area contributed by atoms with Gasteiger partial charge in [0.15, 0.2) is 0 Å². The first-order chi connectivity index (χ1) is 9.78. The second-order valence-electron chi connectivity index (χ2n) is 4.23. The first kappa shape index (κ1) is 14.1. The first-order valence-electron chi connectivity index (χ1n) is 6.37. The maximum absolute atomic E-state index is 9.16. The molecule has 1 heterocycles. The Hall–Kier alpha value is -2.27. The highest BCUT2D eigenvalue weighted by Crippen LogP contribution is 2.16. The normalized spacial score (nSPS) is 10.2. The first-order valence-corrected chi connectivity index (χ1v) is 6.37. The summed E-state index contributed by atoms with van der Waals surface area (Å²) in [5.41, 5.74) is 1.85. The van der Waals surface area contributed by atoms with E-state index in [1.54, 1.807) is 19.2 Å². The van der Waals surface area contributed by atoms with E-state index in [0.29, 0.717) is 19.8 Å². The largest absolute Gasteiger partial charge is 0.506 e. The zero-order chi connectivity index (χ0) is 14.2. The minimum absolute atomic E-state index is 0.173. The molecule has 0 radical (unpaired) electrons. The third-order valence-electron chi connectivity index (χ3n) is 2.69. The van der Waals surface area contributed by atoms with E-state index in [1.165, 1.54) is 6.20 Å². The van der Waals surface area contributed by atoms with Gasteiger partial charge < -0.3 is 19.9 Å². The molecule has 0 aliphatic carbocycles. The minimum Gasteiger partial charge on any atom is -0.506 e. The topological polar surface area (TPSA) is 63.6 Å². The molecule has 2 N–H and O–H groups in total. The highest BCUT2D eigenvalue weighted by atomic mass is 16.5. The number of aromatic nitrogens is 1. The van der Waals surface area contributed by atoms with Crippen LogP contribution in [0.1, 0.15) is 5.69 Å². The summed E-state index contributed by atoms with van der Waals surface area (Å²) >= 11 is 0. The average Bonchev–Trinajstić information content (AvgIpc) is 2.48. The number of hydrogen-bond acceptors (Lipinski definition) is 5. The van der Waals surface area contributed by atoms with Crippen LogP contribution < -0.4 is 10.1 Å². The van der Waals surface area contributed by atoms with Crippen LogP contribution in [0.3, 0.4) is 0 Å². The molecule has 0 unspecified atom stereocenters. The van der Waals surface area contributed by atoms with E-state index in [4.69, 9.17) is 14.6 Å². The highest BCUT2D eigenvalue weighted by Gasteiger charge is 1.98. The van der Waals surface area contributed by atoms with Gasteiger partial charge in [0.25, 0.3) is 0 Å². The maximum atomic E-state index is 9.16. The number of nitrogens with one attached hydrogen (secondary N) is 1. The van der Waals surface area contributed by atoms with Crippen LogP contribution in [0.15, 0.2) is 42.6 Å². The van der Waals surface area contributed by atoms with Crippen molar-refractivity contribution in [2.45, 2.75) is 6.54 Å². The molecular formula is C15H18N2O3. The van der Waals surface area contributed by atoms with Crippen LogP contribution in [0.4, 0.5) is 5.69 Å². The molecule has 0 saturated heterocycles. The van der Waals surface area contributed by atoms with Crippen molar-refractivity contribution in [3.8, 4) is 11.5 Å². The van der Waals surface area contributed by atoms with Gasteiger partial charge in [0, 0.05) is 12.8 Å². The van der Waals surface area contributed by atoms with Gasteiger partial charge in [-0.2, -0.15) is 0 Å². The van der Waals surface area contributed by atoms with E-state index >= 15 is 0 Å². The summed E-state index contributed by atoms with van der Waals surface area (Å²) in [5.74, 6) is 0.988. The third-order valence-corrected chi connectivity index (χ3v) is 2.69. The van der Waals surface area contributed by atoms with Crippen molar-refractivity contribution < 1.29 is 14.6 Å². The van der Waals surface area contributed by atoms with Gasteiger partial charge in [-0.05, 0) is 36.4 Å². The fraction of sp³-hybridized carbons (Fsp3) is 0.267. The van der Waals surface area contributed by atoms with Crippen LogP contribution in [-0.4, -0.2) is 30.4 Å². The molecule has 0 fully saturated rings. The molecule has 0 aliphatic heterocycles. The molecule has 2 rings (SSSR count). The van der Waals surface area contributed by atoms with Gasteiger partial charge in [-0.25, -0.2) is 0 Å². The lowest BCUT2D eigenvalue weighted by molar-refractivity contribution is 0.146. The number of methoxy groups -OCH3 is 1. The monoisotopic (exact) mass is 274 g/mol. The molecule has 106 valence electrons. The summed E-state index contributed by atoms with van der Waals surface area (Å²) in [4.78, 5) is 4.11. The molecule has 0 aliphatic rings. The molecule has 0 saturated carbocycles. The van der Waals surface area contributed by atoms with Crippen LogP contribution in [0.5, 0.6) is 11.5 Å². The number of hydrogen-bond donors (Lipinski definition) is 2. The highest BCUT2D eigenvalue weighted by molar-refractivity contribution is 5.46. The van der Waals surface area contributed by atoms with Gasteiger partial charge in [-0.3, -0.25) is 4.98 Å². The molecule has 0 atom stereocenters. The van der Waals surface area contributed by atoms with Gasteiger partial charge in [0.05, 0.1) is 25.0 Å². The third kappa shape index (κ3) is 4.44. The molecule has 2 aromatic rings. The predicted octanol–water partition coefficient (Wildman–Crippen LogP) is 2.42. The molecular weight excluding hydrogens is 256 g/mol. The summed E-state index contributed by atoms with van der Waals surface area (Å²) < 4.78 is 10.4. The van der Waals surface area contributed by atoms with Crippen LogP contribution in [0.2, 0.25) is 0 Å². The second-order valence-corrected chi connectivity index (χ2v) is 4.23. The Balaban J connectivity index is 1.82. The zero-order valence-corrected chi connectivity index (χ0v) is 11.4. The molecule has 1 aromatic carbocycles. The summed E-state index contributed by atoms with van der Waals surface area (Å²) in [6, 6.07) is 11.1. The van der Waals surface area contributed by atoms with Gasteiger partial charge >= 0.3 is 0 Å². The van der Waals surface area contributed by atoms with Crippen molar-refractivity contribution >= 4 is 5.69 Å². The second kappa shape index (κ2) is 7.35. The van der Waals surface area contributed by atoms with Gasteiger partial charge in [-0.15, -0.1) is 0 Å². The Morgan fingerprint density at radius 1 is 1.10 bits per heavy atom. The van der Waals surface area contributed by atoms with E-state index < -0.39 is 0 Å². The van der Waals surface area contributed by atoms with E-state index in [0.717, 1.165) is 17.1 Å². The smallest absolute Gasteiger partial charge is 0.133 e. The van der Waals surface area contributed by atoms with Crippen molar-refractivity contribution in [2.75, 3.05) is 25.6 Å². The average molecular weight is 274 g/mol. The van der Waals surface area contributed by atoms with Crippen molar-refractivity contribution in [1.29, 1.82) is 0 Å². The van der Waals surface area contributed by atoms with Crippen LogP contribution in [0, 0.1) is 0 Å². The SMILES string of the molecule is COCCOc1ccc(NCc2ccc(O)cn2)cc1. The number of pyridine rings is 1. The number of aromatic hydroxyl groups is 1. The maximum Gasteiger partial charge on any atom is 0.133 e. The number of ether oxygens (including phenoxy) is 2. The molecule has 0 spiro atoms. The molecule has 5 heteroatoms. The van der Waals surface area contributed by atoms with Crippen molar-refractivity contribution in [2.24, 2.45) is 0 Å². The zero-order valence-electron chi connectivity index (χ0n) is 11.4. The Bertz CT molecular complexity index is 512. The summed E-state index contributed by atoms with van der Waals surface area (Å²) in [6.45, 7) is 1.72. The standard InChI is InChI=1S/C15H18N2O3/c1-19-8-9-20-15-6-3-12(4-7-15)16-10-13-2-5-14(18)11-17-13/h2-7,11,16,18H,8-10H2,1H3. The van der Waals surface area contributed by atoms with E-state index in [-0.39, 0.29) is 5.75 Å². The van der Waals surface area contributed by atoms with Crippen LogP contribution in [-0.2, 0) is 11.3 Å². The molecule has 20 heavy (non-hydrogen) atoms. The van der Waals surface area contributed by atoms with Crippen molar-refractivity contribution in [3.63, 3.8) is 0 Å². The molecule has 5 nitrogen and oxygen atoms in total. The summed E-state index contributed by atoms with van der Waals surface area (Å²) in [5, 5.41) is 12.4. The fourth-order valence-corrected chi connectivity index (χ4v) is 1.63. The Labute approximate surface area is 118 Å². The lowest BCUT2D eigenvalue weighted by atomic mass is 10.3. The Morgan fingerprint density at radius 2 is 1.90 bits per heavy atom. The number of nitrogens with zero attached hydrogens (tertiary/aromatic N) is 1. The van der Waals surface area contributed by atoms with Gasteiger partial charge in [0.2, 0.25) is 0 Å². The van der Waals surface area contributed by atoms with Gasteiger partial charge in [-0.1, -0.05) is 0 Å². The number of anilines is 1.